The smallest absolute Gasteiger partial charge is 0.273 e. The van der Waals surface area contributed by atoms with Gasteiger partial charge in [0, 0.05) is 29.4 Å². The molecule has 3 aromatic rings. The Morgan fingerprint density at radius 1 is 0.914 bits per heavy atom. The van der Waals surface area contributed by atoms with Gasteiger partial charge in [-0.25, -0.2) is 0 Å². The average Bonchev–Trinajstić information content (AvgIpc) is 2.83. The zero-order valence-corrected chi connectivity index (χ0v) is 19.5. The predicted molar refractivity (Wildman–Crippen MR) is 132 cm³/mol. The van der Waals surface area contributed by atoms with Crippen LogP contribution in [-0.2, 0) is 16.1 Å². The predicted octanol–water partition coefficient (Wildman–Crippen LogP) is 3.61. The third-order valence-corrected chi connectivity index (χ3v) is 5.24. The molecule has 0 unspecified atom stereocenters. The molecule has 35 heavy (non-hydrogen) atoms. The molecule has 0 fully saturated rings. The van der Waals surface area contributed by atoms with Crippen LogP contribution in [0.15, 0.2) is 72.8 Å². The number of carbonyl (C=O) groups excluding carboxylic acids is 3. The van der Waals surface area contributed by atoms with Gasteiger partial charge in [-0.05, 0) is 43.2 Å². The first kappa shape index (κ1) is 25.1. The van der Waals surface area contributed by atoms with Gasteiger partial charge in [-0.2, -0.15) is 0 Å². The quantitative estimate of drug-likeness (QED) is 0.362. The van der Waals surface area contributed by atoms with Crippen molar-refractivity contribution >= 4 is 29.1 Å². The van der Waals surface area contributed by atoms with Crippen LogP contribution in [-0.4, -0.2) is 40.6 Å². The molecule has 0 aromatic heterocycles. The lowest BCUT2D eigenvalue weighted by molar-refractivity contribution is -0.385. The Hall–Kier alpha value is -4.53. The fourth-order valence-corrected chi connectivity index (χ4v) is 3.46. The van der Waals surface area contributed by atoms with E-state index in [0.29, 0.717) is 11.3 Å². The molecule has 0 heterocycles. The Morgan fingerprint density at radius 3 is 2.34 bits per heavy atom. The van der Waals surface area contributed by atoms with E-state index in [1.807, 2.05) is 49.4 Å². The standard InChI is InChI=1S/C26H26N4O5/c1-18-7-6-10-22(13-18)28-24(31)15-27-25(32)17-29(16-20-8-4-3-5-9-20)26(33)21-12-11-19(2)23(14-21)30(34)35/h3-14H,15-17H2,1-2H3,(H,27,32)(H,28,31). The van der Waals surface area contributed by atoms with Crippen LogP contribution in [0, 0.1) is 24.0 Å². The molecule has 0 bridgehead atoms. The Morgan fingerprint density at radius 2 is 1.66 bits per heavy atom. The van der Waals surface area contributed by atoms with Gasteiger partial charge < -0.3 is 15.5 Å². The molecule has 3 amide bonds. The van der Waals surface area contributed by atoms with Crippen LogP contribution in [0.4, 0.5) is 11.4 Å². The van der Waals surface area contributed by atoms with Crippen molar-refractivity contribution in [3.63, 3.8) is 0 Å². The normalized spacial score (nSPS) is 10.3. The average molecular weight is 475 g/mol. The van der Waals surface area contributed by atoms with Crippen molar-refractivity contribution in [1.82, 2.24) is 10.2 Å². The third kappa shape index (κ3) is 7.23. The largest absolute Gasteiger partial charge is 0.345 e. The van der Waals surface area contributed by atoms with Gasteiger partial charge in [0.25, 0.3) is 11.6 Å². The van der Waals surface area contributed by atoms with E-state index in [0.717, 1.165) is 11.1 Å². The van der Waals surface area contributed by atoms with Crippen LogP contribution < -0.4 is 10.6 Å². The minimum atomic E-state index is -0.548. The molecular weight excluding hydrogens is 448 g/mol. The molecule has 3 rings (SSSR count). The number of benzene rings is 3. The van der Waals surface area contributed by atoms with Gasteiger partial charge in [0.1, 0.15) is 6.54 Å². The number of anilines is 1. The first-order valence-electron chi connectivity index (χ1n) is 10.9. The van der Waals surface area contributed by atoms with Crippen LogP contribution in [0.2, 0.25) is 0 Å². The Kier molecular flexibility index (Phi) is 8.29. The number of nitro benzene ring substituents is 1. The van der Waals surface area contributed by atoms with Gasteiger partial charge in [0.05, 0.1) is 11.5 Å². The lowest BCUT2D eigenvalue weighted by atomic mass is 10.1. The third-order valence-electron chi connectivity index (χ3n) is 5.24. The lowest BCUT2D eigenvalue weighted by Gasteiger charge is -2.22. The van der Waals surface area contributed by atoms with Gasteiger partial charge in [0.2, 0.25) is 11.8 Å². The highest BCUT2D eigenvalue weighted by molar-refractivity contribution is 5.98. The van der Waals surface area contributed by atoms with Crippen molar-refractivity contribution in [2.24, 2.45) is 0 Å². The van der Waals surface area contributed by atoms with Crippen LogP contribution >= 0.6 is 0 Å². The summed E-state index contributed by atoms with van der Waals surface area (Å²) in [5, 5.41) is 16.5. The van der Waals surface area contributed by atoms with Crippen LogP contribution in [0.1, 0.15) is 27.0 Å². The molecule has 3 aromatic carbocycles. The number of nitro groups is 1. The van der Waals surface area contributed by atoms with Gasteiger partial charge in [-0.1, -0.05) is 48.5 Å². The number of nitrogens with zero attached hydrogens (tertiary/aromatic N) is 2. The van der Waals surface area contributed by atoms with E-state index < -0.39 is 22.6 Å². The fourth-order valence-electron chi connectivity index (χ4n) is 3.46. The summed E-state index contributed by atoms with van der Waals surface area (Å²) >= 11 is 0. The lowest BCUT2D eigenvalue weighted by Crippen LogP contribution is -2.42. The Labute approximate surface area is 202 Å². The van der Waals surface area contributed by atoms with Gasteiger partial charge >= 0.3 is 0 Å². The van der Waals surface area contributed by atoms with Crippen molar-refractivity contribution in [3.8, 4) is 0 Å². The molecule has 0 aliphatic rings. The molecule has 180 valence electrons. The second-order valence-corrected chi connectivity index (χ2v) is 8.10. The number of rotatable bonds is 9. The van der Waals surface area contributed by atoms with Gasteiger partial charge in [-0.3, -0.25) is 24.5 Å². The van der Waals surface area contributed by atoms with E-state index >= 15 is 0 Å². The molecule has 0 atom stereocenters. The molecular formula is C26H26N4O5. The van der Waals surface area contributed by atoms with Crippen molar-refractivity contribution < 1.29 is 19.3 Å². The minimum Gasteiger partial charge on any atom is -0.345 e. The van der Waals surface area contributed by atoms with Crippen molar-refractivity contribution in [2.45, 2.75) is 20.4 Å². The summed E-state index contributed by atoms with van der Waals surface area (Å²) < 4.78 is 0. The summed E-state index contributed by atoms with van der Waals surface area (Å²) in [4.78, 5) is 50.1. The molecule has 2 N–H and O–H groups in total. The van der Waals surface area contributed by atoms with Crippen molar-refractivity contribution in [1.29, 1.82) is 0 Å². The monoisotopic (exact) mass is 474 g/mol. The molecule has 0 radical (unpaired) electrons. The highest BCUT2D eigenvalue weighted by Gasteiger charge is 2.22. The number of aryl methyl sites for hydroxylation is 2. The SMILES string of the molecule is Cc1cccc(NC(=O)CNC(=O)CN(Cc2ccccc2)C(=O)c2ccc(C)c([N+](=O)[O-])c2)c1. The summed E-state index contributed by atoms with van der Waals surface area (Å²) in [6.45, 7) is 3.01. The fraction of sp³-hybridized carbons (Fsp3) is 0.192. The molecule has 0 saturated carbocycles. The maximum Gasteiger partial charge on any atom is 0.273 e. The van der Waals surface area contributed by atoms with E-state index in [1.54, 1.807) is 19.1 Å². The summed E-state index contributed by atoms with van der Waals surface area (Å²) in [5.74, 6) is -1.47. The van der Waals surface area contributed by atoms with Crippen LogP contribution in [0.5, 0.6) is 0 Å². The first-order valence-corrected chi connectivity index (χ1v) is 10.9. The Balaban J connectivity index is 1.70. The molecule has 0 aliphatic carbocycles. The van der Waals surface area contributed by atoms with E-state index in [1.165, 1.54) is 23.1 Å². The maximum atomic E-state index is 13.2. The molecule has 9 nitrogen and oxygen atoms in total. The number of nitrogens with one attached hydrogen (secondary N) is 2. The molecule has 9 heteroatoms. The number of hydrogen-bond acceptors (Lipinski definition) is 5. The summed E-state index contributed by atoms with van der Waals surface area (Å²) in [6.07, 6.45) is 0. The second-order valence-electron chi connectivity index (χ2n) is 8.10. The van der Waals surface area contributed by atoms with E-state index in [2.05, 4.69) is 10.6 Å². The maximum absolute atomic E-state index is 13.2. The highest BCUT2D eigenvalue weighted by atomic mass is 16.6. The molecule has 0 aliphatic heterocycles. The first-order chi connectivity index (χ1) is 16.7. The van der Waals surface area contributed by atoms with Gasteiger partial charge in [0.15, 0.2) is 0 Å². The van der Waals surface area contributed by atoms with E-state index in [4.69, 9.17) is 0 Å². The van der Waals surface area contributed by atoms with E-state index in [-0.39, 0.29) is 30.9 Å². The zero-order chi connectivity index (χ0) is 25.4. The van der Waals surface area contributed by atoms with E-state index in [9.17, 15) is 24.5 Å². The van der Waals surface area contributed by atoms with Gasteiger partial charge in [-0.15, -0.1) is 0 Å². The van der Waals surface area contributed by atoms with Crippen molar-refractivity contribution in [3.05, 3.63) is 105 Å². The number of hydrogen-bond donors (Lipinski definition) is 2. The molecule has 0 saturated heterocycles. The van der Waals surface area contributed by atoms with Crippen LogP contribution in [0.25, 0.3) is 0 Å². The summed E-state index contributed by atoms with van der Waals surface area (Å²) in [5.41, 5.74) is 2.74. The topological polar surface area (TPSA) is 122 Å². The number of carbonyl (C=O) groups is 3. The second kappa shape index (κ2) is 11.6. The van der Waals surface area contributed by atoms with Crippen molar-refractivity contribution in [2.75, 3.05) is 18.4 Å². The minimum absolute atomic E-state index is 0.100. The summed E-state index contributed by atoms with van der Waals surface area (Å²) in [6, 6.07) is 20.5. The highest BCUT2D eigenvalue weighted by Crippen LogP contribution is 2.21. The number of amides is 3. The van der Waals surface area contributed by atoms with Crippen LogP contribution in [0.3, 0.4) is 0 Å². The molecule has 0 spiro atoms. The summed E-state index contributed by atoms with van der Waals surface area (Å²) in [7, 11) is 0. The Bertz CT molecular complexity index is 1240. The zero-order valence-electron chi connectivity index (χ0n) is 19.5.